The Bertz CT molecular complexity index is 971. The average Bonchev–Trinajstić information content (AvgIpc) is 2.94. The zero-order chi connectivity index (χ0) is 15.0. The Morgan fingerprint density at radius 3 is 2.81 bits per heavy atom. The van der Waals surface area contributed by atoms with Crippen LogP contribution in [0, 0.1) is 0 Å². The molecule has 0 aliphatic heterocycles. The Balaban J connectivity index is 2.63. The first-order valence-electron chi connectivity index (χ1n) is 6.33. The fourth-order valence-corrected chi connectivity index (χ4v) is 2.22. The number of fused-ring (bicyclic) bond motifs is 2. The summed E-state index contributed by atoms with van der Waals surface area (Å²) in [5, 5.41) is 6.57. The van der Waals surface area contributed by atoms with Crippen LogP contribution in [-0.4, -0.2) is 27.5 Å². The van der Waals surface area contributed by atoms with E-state index in [1.165, 1.54) is 12.3 Å². The second kappa shape index (κ2) is 4.86. The first kappa shape index (κ1) is 13.0. The normalized spacial score (nSPS) is 10.9. The van der Waals surface area contributed by atoms with E-state index in [1.54, 1.807) is 25.1 Å². The number of ether oxygens (including phenoxy) is 1. The molecule has 0 atom stereocenters. The van der Waals surface area contributed by atoms with Gasteiger partial charge in [-0.05, 0) is 19.1 Å². The molecule has 0 aliphatic carbocycles. The Hall–Kier alpha value is -2.96. The number of benzene rings is 1. The van der Waals surface area contributed by atoms with Gasteiger partial charge in [-0.1, -0.05) is 12.1 Å². The second-order valence-corrected chi connectivity index (χ2v) is 4.34. The third-order valence-electron chi connectivity index (χ3n) is 3.14. The van der Waals surface area contributed by atoms with E-state index in [1.807, 2.05) is 0 Å². The predicted molar refractivity (Wildman–Crippen MR) is 76.5 cm³/mol. The lowest BCUT2D eigenvalue weighted by atomic mass is 10.2. The molecular formula is C14H11N3O4. The molecule has 3 aromatic rings. The largest absolute Gasteiger partial charge is 0.449 e. The molecule has 1 N–H and O–H groups in total. The summed E-state index contributed by atoms with van der Waals surface area (Å²) in [5.41, 5.74) is -0.853. The summed E-state index contributed by atoms with van der Waals surface area (Å²) < 4.78 is 5.76. The number of nitrogens with zero attached hydrogens (tertiary/aromatic N) is 2. The van der Waals surface area contributed by atoms with E-state index < -0.39 is 11.7 Å². The Labute approximate surface area is 117 Å². The number of carbonyl (C=O) groups is 1. The van der Waals surface area contributed by atoms with Crippen LogP contribution in [0.25, 0.3) is 21.8 Å². The number of hydrogen-bond acceptors (Lipinski definition) is 5. The quantitative estimate of drug-likeness (QED) is 0.726. The maximum absolute atomic E-state index is 12.5. The van der Waals surface area contributed by atoms with Gasteiger partial charge in [-0.25, -0.2) is 9.36 Å². The molecule has 2 aromatic heterocycles. The van der Waals surface area contributed by atoms with Crippen LogP contribution in [0.3, 0.4) is 0 Å². The minimum Gasteiger partial charge on any atom is -0.449 e. The summed E-state index contributed by atoms with van der Waals surface area (Å²) >= 11 is 0. The van der Waals surface area contributed by atoms with E-state index in [9.17, 15) is 14.4 Å². The molecule has 3 rings (SSSR count). The standard InChI is InChI=1S/C14H11N3O4/c1-2-21-14(20)17-10-6-4-3-5-8(10)12(18)9-7-15-16-11(9)13(17)19/h3-7H,2H2,1H3,(H,15,16). The van der Waals surface area contributed by atoms with Crippen molar-refractivity contribution >= 4 is 27.9 Å². The molecule has 106 valence electrons. The minimum absolute atomic E-state index is 0.0238. The lowest BCUT2D eigenvalue weighted by Gasteiger charge is -2.04. The molecule has 0 bridgehead atoms. The van der Waals surface area contributed by atoms with Gasteiger partial charge in [-0.2, -0.15) is 5.10 Å². The van der Waals surface area contributed by atoms with Crippen molar-refractivity contribution < 1.29 is 9.53 Å². The summed E-state index contributed by atoms with van der Waals surface area (Å²) in [5.74, 6) is 0. The van der Waals surface area contributed by atoms with Gasteiger partial charge in [0.2, 0.25) is 0 Å². The van der Waals surface area contributed by atoms with Crippen LogP contribution in [0.15, 0.2) is 40.1 Å². The molecule has 0 aliphatic rings. The maximum atomic E-state index is 12.5. The zero-order valence-corrected chi connectivity index (χ0v) is 11.1. The highest BCUT2D eigenvalue weighted by Crippen LogP contribution is 2.11. The third-order valence-corrected chi connectivity index (χ3v) is 3.14. The van der Waals surface area contributed by atoms with Crippen LogP contribution in [-0.2, 0) is 4.74 Å². The number of aromatic amines is 1. The van der Waals surface area contributed by atoms with Crippen LogP contribution in [0.4, 0.5) is 4.79 Å². The monoisotopic (exact) mass is 285 g/mol. The van der Waals surface area contributed by atoms with Gasteiger partial charge in [0.05, 0.1) is 23.7 Å². The summed E-state index contributed by atoms with van der Waals surface area (Å²) in [7, 11) is 0. The average molecular weight is 285 g/mol. The molecule has 0 saturated carbocycles. The summed E-state index contributed by atoms with van der Waals surface area (Å²) in [6.07, 6.45) is 0.450. The molecule has 0 saturated heterocycles. The van der Waals surface area contributed by atoms with Gasteiger partial charge in [-0.3, -0.25) is 14.7 Å². The molecule has 7 heteroatoms. The van der Waals surface area contributed by atoms with Crippen LogP contribution < -0.4 is 11.0 Å². The highest BCUT2D eigenvalue weighted by Gasteiger charge is 2.17. The van der Waals surface area contributed by atoms with E-state index in [2.05, 4.69) is 10.2 Å². The maximum Gasteiger partial charge on any atom is 0.421 e. The van der Waals surface area contributed by atoms with Crippen molar-refractivity contribution in [3.05, 3.63) is 51.0 Å². The molecule has 0 spiro atoms. The summed E-state index contributed by atoms with van der Waals surface area (Å²) in [4.78, 5) is 37.1. The fraction of sp³-hybridized carbons (Fsp3) is 0.143. The Morgan fingerprint density at radius 2 is 2.05 bits per heavy atom. The number of hydrogen-bond donors (Lipinski definition) is 1. The molecule has 0 fully saturated rings. The number of nitrogens with one attached hydrogen (secondary N) is 1. The van der Waals surface area contributed by atoms with Crippen molar-refractivity contribution in [3.8, 4) is 0 Å². The number of para-hydroxylation sites is 1. The zero-order valence-electron chi connectivity index (χ0n) is 11.1. The minimum atomic E-state index is -0.829. The SMILES string of the molecule is CCOC(=O)n1c(=O)c2[nH]ncc2c(=O)c2ccccc21. The van der Waals surface area contributed by atoms with Crippen LogP contribution >= 0.6 is 0 Å². The molecular weight excluding hydrogens is 274 g/mol. The third kappa shape index (κ3) is 1.90. The highest BCUT2D eigenvalue weighted by molar-refractivity contribution is 5.93. The molecule has 0 amide bonds. The van der Waals surface area contributed by atoms with Crippen molar-refractivity contribution in [2.45, 2.75) is 6.92 Å². The number of aromatic nitrogens is 3. The van der Waals surface area contributed by atoms with Gasteiger partial charge in [-0.15, -0.1) is 0 Å². The van der Waals surface area contributed by atoms with Gasteiger partial charge in [0.15, 0.2) is 5.43 Å². The first-order valence-corrected chi connectivity index (χ1v) is 6.33. The Kier molecular flexibility index (Phi) is 3.02. The van der Waals surface area contributed by atoms with E-state index in [-0.39, 0.29) is 33.8 Å². The van der Waals surface area contributed by atoms with Crippen LogP contribution in [0.5, 0.6) is 0 Å². The number of rotatable bonds is 1. The summed E-state index contributed by atoms with van der Waals surface area (Å²) in [6, 6.07) is 6.39. The first-order chi connectivity index (χ1) is 10.1. The van der Waals surface area contributed by atoms with Crippen molar-refractivity contribution in [2.75, 3.05) is 6.61 Å². The van der Waals surface area contributed by atoms with E-state index in [0.717, 1.165) is 4.57 Å². The Morgan fingerprint density at radius 1 is 1.29 bits per heavy atom. The predicted octanol–water partition coefficient (Wildman–Crippen LogP) is 1.24. The summed E-state index contributed by atoms with van der Waals surface area (Å²) in [6.45, 7) is 1.76. The molecule has 2 heterocycles. The smallest absolute Gasteiger partial charge is 0.421 e. The van der Waals surface area contributed by atoms with Gasteiger partial charge in [0.25, 0.3) is 5.56 Å². The van der Waals surface area contributed by atoms with Crippen LogP contribution in [0.2, 0.25) is 0 Å². The molecule has 21 heavy (non-hydrogen) atoms. The van der Waals surface area contributed by atoms with Crippen molar-refractivity contribution in [1.82, 2.24) is 14.8 Å². The van der Waals surface area contributed by atoms with Crippen LogP contribution in [0.1, 0.15) is 6.92 Å². The number of carbonyl (C=O) groups excluding carboxylic acids is 1. The van der Waals surface area contributed by atoms with Gasteiger partial charge in [0, 0.05) is 5.39 Å². The molecule has 0 unspecified atom stereocenters. The topological polar surface area (TPSA) is 94.1 Å². The van der Waals surface area contributed by atoms with Gasteiger partial charge < -0.3 is 4.74 Å². The van der Waals surface area contributed by atoms with Crippen molar-refractivity contribution in [3.63, 3.8) is 0 Å². The lowest BCUT2D eigenvalue weighted by molar-refractivity contribution is 0.154. The molecule has 7 nitrogen and oxygen atoms in total. The number of H-pyrrole nitrogens is 1. The van der Waals surface area contributed by atoms with Gasteiger partial charge >= 0.3 is 6.09 Å². The lowest BCUT2D eigenvalue weighted by Crippen LogP contribution is -2.27. The van der Waals surface area contributed by atoms with Crippen molar-refractivity contribution in [2.24, 2.45) is 0 Å². The molecule has 1 aromatic carbocycles. The highest BCUT2D eigenvalue weighted by atomic mass is 16.5. The van der Waals surface area contributed by atoms with E-state index in [0.29, 0.717) is 0 Å². The fourth-order valence-electron chi connectivity index (χ4n) is 2.22. The van der Waals surface area contributed by atoms with Gasteiger partial charge in [0.1, 0.15) is 5.52 Å². The van der Waals surface area contributed by atoms with Crippen molar-refractivity contribution in [1.29, 1.82) is 0 Å². The van der Waals surface area contributed by atoms with E-state index in [4.69, 9.17) is 4.74 Å². The second-order valence-electron chi connectivity index (χ2n) is 4.34. The molecule has 0 radical (unpaired) electrons. The van der Waals surface area contributed by atoms with E-state index >= 15 is 0 Å².